The zero-order valence-electron chi connectivity index (χ0n) is 8.46. The van der Waals surface area contributed by atoms with Crippen molar-refractivity contribution in [3.63, 3.8) is 0 Å². The summed E-state index contributed by atoms with van der Waals surface area (Å²) in [5, 5.41) is 12.0. The van der Waals surface area contributed by atoms with Crippen LogP contribution in [-0.2, 0) is 4.74 Å². The highest BCUT2D eigenvalue weighted by atomic mass is 16.5. The fraction of sp³-hybridized carbons (Fsp3) is 1.00. The van der Waals surface area contributed by atoms with E-state index >= 15 is 0 Å². The van der Waals surface area contributed by atoms with Crippen molar-refractivity contribution in [2.75, 3.05) is 26.4 Å². The predicted molar refractivity (Wildman–Crippen MR) is 52.7 cm³/mol. The number of hydrogen-bond donors (Lipinski definition) is 2. The third-order valence-corrected chi connectivity index (χ3v) is 2.75. The van der Waals surface area contributed by atoms with E-state index < -0.39 is 0 Å². The molecule has 78 valence electrons. The van der Waals surface area contributed by atoms with Gasteiger partial charge in [0.05, 0.1) is 19.8 Å². The average molecular weight is 187 g/mol. The Balaban J connectivity index is 1.93. The Kier molecular flexibility index (Phi) is 5.35. The van der Waals surface area contributed by atoms with Gasteiger partial charge in [0.1, 0.15) is 0 Å². The van der Waals surface area contributed by atoms with Gasteiger partial charge in [-0.3, -0.25) is 0 Å². The third kappa shape index (κ3) is 4.07. The molecule has 3 nitrogen and oxygen atoms in total. The molecule has 0 spiro atoms. The fourth-order valence-corrected chi connectivity index (χ4v) is 1.93. The van der Waals surface area contributed by atoms with E-state index in [-0.39, 0.29) is 6.61 Å². The van der Waals surface area contributed by atoms with Crippen LogP contribution >= 0.6 is 0 Å². The Hall–Kier alpha value is -0.120. The van der Waals surface area contributed by atoms with E-state index in [0.29, 0.717) is 19.3 Å². The lowest BCUT2D eigenvalue weighted by molar-refractivity contribution is 0.0920. The average Bonchev–Trinajstić information content (AvgIpc) is 2.52. The minimum Gasteiger partial charge on any atom is -0.394 e. The molecule has 0 aromatic heterocycles. The van der Waals surface area contributed by atoms with Crippen LogP contribution in [0.5, 0.6) is 0 Å². The summed E-state index contributed by atoms with van der Waals surface area (Å²) in [6, 6.07) is 0.692. The quantitative estimate of drug-likeness (QED) is 0.604. The second kappa shape index (κ2) is 6.35. The van der Waals surface area contributed by atoms with Crippen molar-refractivity contribution in [1.82, 2.24) is 5.32 Å². The molecule has 13 heavy (non-hydrogen) atoms. The molecule has 3 heteroatoms. The van der Waals surface area contributed by atoms with Gasteiger partial charge >= 0.3 is 0 Å². The molecule has 1 aliphatic rings. The van der Waals surface area contributed by atoms with Gasteiger partial charge < -0.3 is 15.2 Å². The number of ether oxygens (including phenoxy) is 1. The molecule has 2 atom stereocenters. The highest BCUT2D eigenvalue weighted by molar-refractivity contribution is 4.79. The second-order valence-corrected chi connectivity index (χ2v) is 3.80. The molecule has 0 aliphatic heterocycles. The van der Waals surface area contributed by atoms with Crippen molar-refractivity contribution in [3.05, 3.63) is 0 Å². The lowest BCUT2D eigenvalue weighted by Crippen LogP contribution is -2.33. The van der Waals surface area contributed by atoms with Crippen LogP contribution < -0.4 is 5.32 Å². The molecule has 0 radical (unpaired) electrons. The predicted octanol–water partition coefficient (Wildman–Crippen LogP) is 0.774. The zero-order valence-corrected chi connectivity index (χ0v) is 8.46. The molecular weight excluding hydrogens is 166 g/mol. The first-order valence-electron chi connectivity index (χ1n) is 5.26. The highest BCUT2D eigenvalue weighted by Gasteiger charge is 2.21. The molecule has 1 rings (SSSR count). The molecule has 0 bridgehead atoms. The maximum absolute atomic E-state index is 8.47. The van der Waals surface area contributed by atoms with Crippen LogP contribution in [-0.4, -0.2) is 37.5 Å². The van der Waals surface area contributed by atoms with Crippen LogP contribution in [0.2, 0.25) is 0 Å². The molecule has 2 N–H and O–H groups in total. The van der Waals surface area contributed by atoms with Crippen molar-refractivity contribution >= 4 is 0 Å². The Morgan fingerprint density at radius 3 is 2.85 bits per heavy atom. The van der Waals surface area contributed by atoms with Crippen LogP contribution in [0.15, 0.2) is 0 Å². The van der Waals surface area contributed by atoms with E-state index in [9.17, 15) is 0 Å². The highest BCUT2D eigenvalue weighted by Crippen LogP contribution is 2.24. The van der Waals surface area contributed by atoms with Crippen LogP contribution in [0.4, 0.5) is 0 Å². The van der Waals surface area contributed by atoms with Crippen LogP contribution in [0.3, 0.4) is 0 Å². The van der Waals surface area contributed by atoms with Crippen molar-refractivity contribution in [1.29, 1.82) is 0 Å². The lowest BCUT2D eigenvalue weighted by Gasteiger charge is -2.16. The summed E-state index contributed by atoms with van der Waals surface area (Å²) in [7, 11) is 0. The Bertz CT molecular complexity index is 130. The van der Waals surface area contributed by atoms with E-state index in [1.807, 2.05) is 0 Å². The SMILES string of the molecule is C[C@@H]1CCC[C@@H]1NCCOCCO. The van der Waals surface area contributed by atoms with E-state index in [0.717, 1.165) is 12.5 Å². The largest absolute Gasteiger partial charge is 0.394 e. The normalized spacial score (nSPS) is 28.2. The summed E-state index contributed by atoms with van der Waals surface area (Å²) in [5.41, 5.74) is 0. The summed E-state index contributed by atoms with van der Waals surface area (Å²) < 4.78 is 5.17. The standard InChI is InChI=1S/C10H21NO2/c1-9-3-2-4-10(9)11-5-7-13-8-6-12/h9-12H,2-8H2,1H3/t9-,10+/m1/s1. The summed E-state index contributed by atoms with van der Waals surface area (Å²) in [6.45, 7) is 4.51. The topological polar surface area (TPSA) is 41.5 Å². The summed E-state index contributed by atoms with van der Waals surface area (Å²) >= 11 is 0. The number of aliphatic hydroxyl groups excluding tert-OH is 1. The van der Waals surface area contributed by atoms with Gasteiger partial charge in [0.25, 0.3) is 0 Å². The van der Waals surface area contributed by atoms with Gasteiger partial charge in [-0.1, -0.05) is 13.3 Å². The molecule has 0 unspecified atom stereocenters. The summed E-state index contributed by atoms with van der Waals surface area (Å²) in [6.07, 6.45) is 4.02. The summed E-state index contributed by atoms with van der Waals surface area (Å²) in [5.74, 6) is 0.817. The van der Waals surface area contributed by atoms with Gasteiger partial charge in [-0.25, -0.2) is 0 Å². The molecule has 0 aromatic carbocycles. The smallest absolute Gasteiger partial charge is 0.0698 e. The number of nitrogens with one attached hydrogen (secondary N) is 1. The summed E-state index contributed by atoms with van der Waals surface area (Å²) in [4.78, 5) is 0. The second-order valence-electron chi connectivity index (χ2n) is 3.80. The molecular formula is C10H21NO2. The minimum atomic E-state index is 0.125. The molecule has 1 aliphatic carbocycles. The van der Waals surface area contributed by atoms with Gasteiger partial charge in [-0.15, -0.1) is 0 Å². The molecule has 0 heterocycles. The third-order valence-electron chi connectivity index (χ3n) is 2.75. The number of hydrogen-bond acceptors (Lipinski definition) is 3. The van der Waals surface area contributed by atoms with Crippen LogP contribution in [0.1, 0.15) is 26.2 Å². The maximum atomic E-state index is 8.47. The molecule has 0 saturated heterocycles. The monoisotopic (exact) mass is 187 g/mol. The fourth-order valence-electron chi connectivity index (χ4n) is 1.93. The van der Waals surface area contributed by atoms with Gasteiger partial charge in [0, 0.05) is 12.6 Å². The minimum absolute atomic E-state index is 0.125. The van der Waals surface area contributed by atoms with E-state index in [1.54, 1.807) is 0 Å². The van der Waals surface area contributed by atoms with E-state index in [4.69, 9.17) is 9.84 Å². The van der Waals surface area contributed by atoms with Gasteiger partial charge in [0.2, 0.25) is 0 Å². The first-order chi connectivity index (χ1) is 6.34. The Labute approximate surface area is 80.5 Å². The number of rotatable bonds is 6. The molecule has 1 saturated carbocycles. The zero-order chi connectivity index (χ0) is 9.52. The number of aliphatic hydroxyl groups is 1. The van der Waals surface area contributed by atoms with E-state index in [2.05, 4.69) is 12.2 Å². The van der Waals surface area contributed by atoms with Crippen molar-refractivity contribution in [2.24, 2.45) is 5.92 Å². The van der Waals surface area contributed by atoms with Crippen LogP contribution in [0.25, 0.3) is 0 Å². The van der Waals surface area contributed by atoms with Gasteiger partial charge in [-0.2, -0.15) is 0 Å². The molecule has 0 amide bonds. The first-order valence-corrected chi connectivity index (χ1v) is 5.26. The van der Waals surface area contributed by atoms with E-state index in [1.165, 1.54) is 19.3 Å². The van der Waals surface area contributed by atoms with Gasteiger partial charge in [-0.05, 0) is 18.8 Å². The Morgan fingerprint density at radius 1 is 1.38 bits per heavy atom. The Morgan fingerprint density at radius 2 is 2.23 bits per heavy atom. The maximum Gasteiger partial charge on any atom is 0.0698 e. The molecule has 0 aromatic rings. The van der Waals surface area contributed by atoms with Crippen molar-refractivity contribution in [2.45, 2.75) is 32.2 Å². The lowest BCUT2D eigenvalue weighted by atomic mass is 10.1. The first kappa shape index (κ1) is 11.0. The van der Waals surface area contributed by atoms with Crippen molar-refractivity contribution < 1.29 is 9.84 Å². The van der Waals surface area contributed by atoms with Crippen molar-refractivity contribution in [3.8, 4) is 0 Å². The van der Waals surface area contributed by atoms with Gasteiger partial charge in [0.15, 0.2) is 0 Å². The molecule has 1 fully saturated rings. The van der Waals surface area contributed by atoms with Crippen LogP contribution in [0, 0.1) is 5.92 Å².